The number of nitrogens with zero attached hydrogens (tertiary/aromatic N) is 4. The molecule has 0 aliphatic carbocycles. The highest BCUT2D eigenvalue weighted by atomic mass is 16.3. The maximum absolute atomic E-state index is 9.11. The molecule has 0 bridgehead atoms. The van der Waals surface area contributed by atoms with Crippen LogP contribution in [0.3, 0.4) is 0 Å². The van der Waals surface area contributed by atoms with Crippen molar-refractivity contribution in [1.82, 2.24) is 14.9 Å². The molecule has 2 rings (SSSR count). The Morgan fingerprint density at radius 3 is 2.89 bits per heavy atom. The molecular formula is C13H22N4O. The van der Waals surface area contributed by atoms with E-state index >= 15 is 0 Å². The lowest BCUT2D eigenvalue weighted by Crippen LogP contribution is -2.27. The van der Waals surface area contributed by atoms with Crippen LogP contribution in [0.15, 0.2) is 6.07 Å². The molecule has 1 fully saturated rings. The Balaban J connectivity index is 2.26. The monoisotopic (exact) mass is 250 g/mol. The molecule has 1 saturated heterocycles. The van der Waals surface area contributed by atoms with Gasteiger partial charge >= 0.3 is 0 Å². The van der Waals surface area contributed by atoms with Gasteiger partial charge in [0.1, 0.15) is 11.6 Å². The van der Waals surface area contributed by atoms with Crippen LogP contribution in [0, 0.1) is 6.92 Å². The average Bonchev–Trinajstić information content (AvgIpc) is 2.77. The van der Waals surface area contributed by atoms with Gasteiger partial charge in [0, 0.05) is 26.7 Å². The van der Waals surface area contributed by atoms with Gasteiger partial charge in [0.25, 0.3) is 0 Å². The zero-order valence-electron chi connectivity index (χ0n) is 11.4. The minimum absolute atomic E-state index is 0.209. The Morgan fingerprint density at radius 2 is 2.22 bits per heavy atom. The molecule has 1 atom stereocenters. The van der Waals surface area contributed by atoms with Crippen molar-refractivity contribution in [2.75, 3.05) is 38.7 Å². The summed E-state index contributed by atoms with van der Waals surface area (Å²) < 4.78 is 0. The highest BCUT2D eigenvalue weighted by Crippen LogP contribution is 2.31. The minimum Gasteiger partial charge on any atom is -0.395 e. The molecule has 0 amide bonds. The highest BCUT2D eigenvalue weighted by molar-refractivity contribution is 5.38. The van der Waals surface area contributed by atoms with Crippen molar-refractivity contribution in [3.05, 3.63) is 17.6 Å². The molecule has 1 aliphatic rings. The van der Waals surface area contributed by atoms with Crippen molar-refractivity contribution in [1.29, 1.82) is 0 Å². The molecule has 1 N–H and O–H groups in total. The van der Waals surface area contributed by atoms with Gasteiger partial charge in [-0.2, -0.15) is 0 Å². The largest absolute Gasteiger partial charge is 0.395 e. The number of likely N-dealkylation sites (tertiary alicyclic amines) is 1. The molecule has 0 saturated carbocycles. The third-order valence-electron chi connectivity index (χ3n) is 3.39. The van der Waals surface area contributed by atoms with Gasteiger partial charge in [-0.1, -0.05) is 0 Å². The van der Waals surface area contributed by atoms with E-state index in [1.807, 2.05) is 25.9 Å². The molecule has 2 heterocycles. The Morgan fingerprint density at radius 1 is 1.44 bits per heavy atom. The predicted octanol–water partition coefficient (Wildman–Crippen LogP) is 0.980. The first-order chi connectivity index (χ1) is 8.61. The summed E-state index contributed by atoms with van der Waals surface area (Å²) in [6.45, 7) is 3.92. The molecule has 100 valence electrons. The molecule has 0 radical (unpaired) electrons. The molecule has 5 heteroatoms. The number of aromatic nitrogens is 2. The Bertz CT molecular complexity index is 408. The zero-order valence-corrected chi connectivity index (χ0v) is 11.4. The van der Waals surface area contributed by atoms with Crippen LogP contribution in [0.1, 0.15) is 30.4 Å². The number of hydrogen-bond donors (Lipinski definition) is 1. The second-order valence-electron chi connectivity index (χ2n) is 5.01. The van der Waals surface area contributed by atoms with Crippen molar-refractivity contribution in [3.8, 4) is 0 Å². The summed E-state index contributed by atoms with van der Waals surface area (Å²) in [5.41, 5.74) is 1.08. The molecule has 18 heavy (non-hydrogen) atoms. The lowest BCUT2D eigenvalue weighted by Gasteiger charge is -2.24. The lowest BCUT2D eigenvalue weighted by molar-refractivity contribution is 0.183. The molecule has 1 aromatic heterocycles. The fourth-order valence-electron chi connectivity index (χ4n) is 2.53. The summed E-state index contributed by atoms with van der Waals surface area (Å²) >= 11 is 0. The van der Waals surface area contributed by atoms with Crippen molar-refractivity contribution < 1.29 is 5.11 Å². The molecule has 5 nitrogen and oxygen atoms in total. The number of hydrogen-bond acceptors (Lipinski definition) is 5. The van der Waals surface area contributed by atoms with Gasteiger partial charge in [-0.3, -0.25) is 4.90 Å². The SMILES string of the molecule is Cc1nc([C@@H]2CCCN2CCO)cc(N(C)C)n1. The van der Waals surface area contributed by atoms with Gasteiger partial charge in [-0.25, -0.2) is 9.97 Å². The van der Waals surface area contributed by atoms with Crippen LogP contribution < -0.4 is 4.90 Å². The van der Waals surface area contributed by atoms with Gasteiger partial charge in [0.2, 0.25) is 0 Å². The van der Waals surface area contributed by atoms with Crippen LogP contribution in [-0.2, 0) is 0 Å². The molecule has 1 aromatic rings. The van der Waals surface area contributed by atoms with Gasteiger partial charge in [-0.05, 0) is 26.3 Å². The van der Waals surface area contributed by atoms with Crippen LogP contribution >= 0.6 is 0 Å². The quantitative estimate of drug-likeness (QED) is 0.863. The fourth-order valence-corrected chi connectivity index (χ4v) is 2.53. The summed E-state index contributed by atoms with van der Waals surface area (Å²) in [6.07, 6.45) is 2.29. The maximum atomic E-state index is 9.11. The van der Waals surface area contributed by atoms with E-state index < -0.39 is 0 Å². The third kappa shape index (κ3) is 2.79. The van der Waals surface area contributed by atoms with E-state index in [2.05, 4.69) is 20.9 Å². The van der Waals surface area contributed by atoms with Gasteiger partial charge in [0.05, 0.1) is 18.3 Å². The first-order valence-corrected chi connectivity index (χ1v) is 6.49. The summed E-state index contributed by atoms with van der Waals surface area (Å²) in [5, 5.41) is 9.11. The van der Waals surface area contributed by atoms with E-state index in [1.165, 1.54) is 6.42 Å². The van der Waals surface area contributed by atoms with Crippen molar-refractivity contribution in [2.45, 2.75) is 25.8 Å². The number of anilines is 1. The normalized spacial score (nSPS) is 20.3. The molecule has 0 spiro atoms. The smallest absolute Gasteiger partial charge is 0.132 e. The van der Waals surface area contributed by atoms with Crippen LogP contribution in [0.25, 0.3) is 0 Å². The van der Waals surface area contributed by atoms with Crippen LogP contribution in [0.2, 0.25) is 0 Å². The number of aliphatic hydroxyl groups excluding tert-OH is 1. The van der Waals surface area contributed by atoms with E-state index in [0.29, 0.717) is 6.04 Å². The Labute approximate surface area is 108 Å². The van der Waals surface area contributed by atoms with E-state index in [1.54, 1.807) is 0 Å². The van der Waals surface area contributed by atoms with Crippen LogP contribution in [0.4, 0.5) is 5.82 Å². The van der Waals surface area contributed by atoms with Crippen molar-refractivity contribution >= 4 is 5.82 Å². The minimum atomic E-state index is 0.209. The predicted molar refractivity (Wildman–Crippen MR) is 71.7 cm³/mol. The second-order valence-corrected chi connectivity index (χ2v) is 5.01. The number of β-amino-alcohol motifs (C(OH)–C–C–N with tert-alkyl or cyclic N) is 1. The summed E-state index contributed by atoms with van der Waals surface area (Å²) in [4.78, 5) is 13.3. The molecule has 1 aliphatic heterocycles. The standard InChI is InChI=1S/C13H22N4O/c1-10-14-11(9-13(15-10)16(2)3)12-5-4-6-17(12)7-8-18/h9,12,18H,4-8H2,1-3H3/t12-/m0/s1. The highest BCUT2D eigenvalue weighted by Gasteiger charge is 2.27. The Kier molecular flexibility index (Phi) is 4.14. The fraction of sp³-hybridized carbons (Fsp3) is 0.692. The van der Waals surface area contributed by atoms with Gasteiger partial charge < -0.3 is 10.0 Å². The van der Waals surface area contributed by atoms with E-state index in [4.69, 9.17) is 5.11 Å². The number of aliphatic hydroxyl groups is 1. The van der Waals surface area contributed by atoms with Crippen molar-refractivity contribution in [2.24, 2.45) is 0 Å². The first kappa shape index (κ1) is 13.2. The summed E-state index contributed by atoms with van der Waals surface area (Å²) in [5.74, 6) is 1.76. The molecule has 0 aromatic carbocycles. The zero-order chi connectivity index (χ0) is 13.1. The number of rotatable bonds is 4. The third-order valence-corrected chi connectivity index (χ3v) is 3.39. The lowest BCUT2D eigenvalue weighted by atomic mass is 10.1. The summed E-state index contributed by atoms with van der Waals surface area (Å²) in [7, 11) is 3.98. The summed E-state index contributed by atoms with van der Waals surface area (Å²) in [6, 6.07) is 2.39. The van der Waals surface area contributed by atoms with Gasteiger partial charge in [-0.15, -0.1) is 0 Å². The van der Waals surface area contributed by atoms with Gasteiger partial charge in [0.15, 0.2) is 0 Å². The average molecular weight is 250 g/mol. The maximum Gasteiger partial charge on any atom is 0.132 e. The van der Waals surface area contributed by atoms with E-state index in [9.17, 15) is 0 Å². The van der Waals surface area contributed by atoms with Crippen LogP contribution in [-0.4, -0.2) is 53.8 Å². The van der Waals surface area contributed by atoms with Crippen LogP contribution in [0.5, 0.6) is 0 Å². The molecular weight excluding hydrogens is 228 g/mol. The van der Waals surface area contributed by atoms with E-state index in [0.717, 1.165) is 36.8 Å². The first-order valence-electron chi connectivity index (χ1n) is 6.49. The molecule has 0 unspecified atom stereocenters. The second kappa shape index (κ2) is 5.63. The Hall–Kier alpha value is -1.20. The van der Waals surface area contributed by atoms with Crippen molar-refractivity contribution in [3.63, 3.8) is 0 Å². The topological polar surface area (TPSA) is 52.5 Å². The van der Waals surface area contributed by atoms with E-state index in [-0.39, 0.29) is 6.61 Å². The number of aryl methyl sites for hydroxylation is 1.